The Kier molecular flexibility index (Phi) is 3.42. The van der Waals surface area contributed by atoms with E-state index >= 15 is 0 Å². The Labute approximate surface area is 124 Å². The number of aromatic carboxylic acids is 1. The van der Waals surface area contributed by atoms with Crippen molar-refractivity contribution in [1.82, 2.24) is 0 Å². The van der Waals surface area contributed by atoms with Gasteiger partial charge in [0.05, 0.1) is 5.56 Å². The molecule has 0 fully saturated rings. The predicted molar refractivity (Wildman–Crippen MR) is 84.1 cm³/mol. The predicted octanol–water partition coefficient (Wildman–Crippen LogP) is 3.56. The summed E-state index contributed by atoms with van der Waals surface area (Å²) in [6.45, 7) is 6.08. The summed E-state index contributed by atoms with van der Waals surface area (Å²) in [6.07, 6.45) is 0.918. The van der Waals surface area contributed by atoms with Gasteiger partial charge in [-0.15, -0.1) is 0 Å². The third kappa shape index (κ3) is 2.64. The van der Waals surface area contributed by atoms with Crippen LogP contribution in [0, 0.1) is 13.8 Å². The zero-order chi connectivity index (χ0) is 15.0. The lowest BCUT2D eigenvalue weighted by molar-refractivity contribution is 0.0697. The van der Waals surface area contributed by atoms with Crippen LogP contribution in [0.1, 0.15) is 32.6 Å². The van der Waals surface area contributed by atoms with Crippen molar-refractivity contribution in [2.24, 2.45) is 0 Å². The molecule has 0 aliphatic carbocycles. The molecule has 1 heterocycles. The minimum Gasteiger partial charge on any atom is -0.478 e. The van der Waals surface area contributed by atoms with Crippen molar-refractivity contribution in [3.63, 3.8) is 0 Å². The number of aryl methyl sites for hydroxylation is 2. The molecule has 0 bridgehead atoms. The zero-order valence-electron chi connectivity index (χ0n) is 12.4. The van der Waals surface area contributed by atoms with Gasteiger partial charge in [-0.1, -0.05) is 23.8 Å². The minimum atomic E-state index is -0.856. The molecule has 0 saturated heterocycles. The third-order valence-corrected chi connectivity index (χ3v) is 4.18. The Morgan fingerprint density at radius 2 is 2.00 bits per heavy atom. The summed E-state index contributed by atoms with van der Waals surface area (Å²) in [4.78, 5) is 13.4. The number of anilines is 1. The van der Waals surface area contributed by atoms with Crippen LogP contribution in [0.4, 0.5) is 5.69 Å². The van der Waals surface area contributed by atoms with Crippen LogP contribution >= 0.6 is 0 Å². The lowest BCUT2D eigenvalue weighted by atomic mass is 10.0. The van der Waals surface area contributed by atoms with Gasteiger partial charge in [0, 0.05) is 18.8 Å². The normalized spacial score (nSPS) is 13.3. The maximum atomic E-state index is 11.0. The number of fused-ring (bicyclic) bond motifs is 1. The number of benzene rings is 2. The summed E-state index contributed by atoms with van der Waals surface area (Å²) in [6, 6.07) is 12.0. The number of carbonyl (C=O) groups is 1. The van der Waals surface area contributed by atoms with Crippen LogP contribution in [0.3, 0.4) is 0 Å². The Hall–Kier alpha value is -2.29. The van der Waals surface area contributed by atoms with Gasteiger partial charge in [0.15, 0.2) is 0 Å². The summed E-state index contributed by atoms with van der Waals surface area (Å²) in [5, 5.41) is 9.07. The van der Waals surface area contributed by atoms with Gasteiger partial charge in [-0.05, 0) is 55.2 Å². The molecule has 3 heteroatoms. The van der Waals surface area contributed by atoms with Gasteiger partial charge >= 0.3 is 5.97 Å². The third-order valence-electron chi connectivity index (χ3n) is 4.18. The van der Waals surface area contributed by atoms with Crippen molar-refractivity contribution in [2.75, 3.05) is 11.4 Å². The van der Waals surface area contributed by atoms with E-state index < -0.39 is 5.97 Å². The summed E-state index contributed by atoms with van der Waals surface area (Å²) in [5.74, 6) is -0.856. The highest BCUT2D eigenvalue weighted by molar-refractivity contribution is 5.88. The summed E-state index contributed by atoms with van der Waals surface area (Å²) in [7, 11) is 0. The number of rotatable bonds is 3. The van der Waals surface area contributed by atoms with Crippen LogP contribution in [0.25, 0.3) is 0 Å². The first-order chi connectivity index (χ1) is 10.0. The molecule has 0 atom stereocenters. The van der Waals surface area contributed by atoms with Crippen molar-refractivity contribution in [3.05, 3.63) is 64.2 Å². The van der Waals surface area contributed by atoms with E-state index in [4.69, 9.17) is 5.11 Å². The highest BCUT2D eigenvalue weighted by atomic mass is 16.4. The van der Waals surface area contributed by atoms with Crippen LogP contribution < -0.4 is 4.90 Å². The van der Waals surface area contributed by atoms with Crippen molar-refractivity contribution in [1.29, 1.82) is 0 Å². The van der Waals surface area contributed by atoms with E-state index in [-0.39, 0.29) is 0 Å². The fourth-order valence-electron chi connectivity index (χ4n) is 2.94. The SMILES string of the molecule is Cc1ccc(C)c(CN2CCc3cc(C(=O)O)ccc32)c1. The molecule has 108 valence electrons. The van der Waals surface area contributed by atoms with Gasteiger partial charge in [0.2, 0.25) is 0 Å². The van der Waals surface area contributed by atoms with E-state index in [1.807, 2.05) is 6.07 Å². The highest BCUT2D eigenvalue weighted by Gasteiger charge is 2.21. The highest BCUT2D eigenvalue weighted by Crippen LogP contribution is 2.30. The Morgan fingerprint density at radius 1 is 1.19 bits per heavy atom. The van der Waals surface area contributed by atoms with E-state index in [2.05, 4.69) is 36.9 Å². The molecule has 21 heavy (non-hydrogen) atoms. The molecule has 0 amide bonds. The van der Waals surface area contributed by atoms with Crippen molar-refractivity contribution < 1.29 is 9.90 Å². The van der Waals surface area contributed by atoms with Crippen LogP contribution in [0.2, 0.25) is 0 Å². The number of nitrogens with zero attached hydrogens (tertiary/aromatic N) is 1. The fourth-order valence-corrected chi connectivity index (χ4v) is 2.94. The smallest absolute Gasteiger partial charge is 0.335 e. The van der Waals surface area contributed by atoms with Gasteiger partial charge in [0.1, 0.15) is 0 Å². The minimum absolute atomic E-state index is 0.377. The number of hydrogen-bond acceptors (Lipinski definition) is 2. The topological polar surface area (TPSA) is 40.5 Å². The van der Waals surface area contributed by atoms with Gasteiger partial charge in [-0.25, -0.2) is 4.79 Å². The molecule has 0 spiro atoms. The Morgan fingerprint density at radius 3 is 2.76 bits per heavy atom. The van der Waals surface area contributed by atoms with Crippen LogP contribution in [0.15, 0.2) is 36.4 Å². The molecule has 1 N–H and O–H groups in total. The Bertz CT molecular complexity index is 706. The standard InChI is InChI=1S/C18H19NO2/c1-12-3-4-13(2)16(9-12)11-19-8-7-14-10-15(18(20)21)5-6-17(14)19/h3-6,9-10H,7-8,11H2,1-2H3,(H,20,21). The van der Waals surface area contributed by atoms with E-state index in [0.717, 1.165) is 25.1 Å². The van der Waals surface area contributed by atoms with Gasteiger partial charge < -0.3 is 10.0 Å². The first kappa shape index (κ1) is 13.7. The second-order valence-corrected chi connectivity index (χ2v) is 5.75. The van der Waals surface area contributed by atoms with Gasteiger partial charge in [0.25, 0.3) is 0 Å². The van der Waals surface area contributed by atoms with Crippen LogP contribution in [-0.2, 0) is 13.0 Å². The Balaban J connectivity index is 1.88. The summed E-state index contributed by atoms with van der Waals surface area (Å²) >= 11 is 0. The van der Waals surface area contributed by atoms with Gasteiger partial charge in [-0.2, -0.15) is 0 Å². The van der Waals surface area contributed by atoms with Crippen LogP contribution in [-0.4, -0.2) is 17.6 Å². The quantitative estimate of drug-likeness (QED) is 0.935. The average molecular weight is 281 g/mol. The molecule has 1 aliphatic heterocycles. The first-order valence-electron chi connectivity index (χ1n) is 7.22. The molecule has 0 unspecified atom stereocenters. The number of hydrogen-bond donors (Lipinski definition) is 1. The molecular formula is C18H19NO2. The maximum absolute atomic E-state index is 11.0. The largest absolute Gasteiger partial charge is 0.478 e. The molecule has 1 aliphatic rings. The summed E-state index contributed by atoms with van der Waals surface area (Å²) < 4.78 is 0. The molecule has 2 aromatic carbocycles. The molecule has 0 aromatic heterocycles. The second kappa shape index (κ2) is 5.24. The molecule has 2 aromatic rings. The van der Waals surface area contributed by atoms with Crippen molar-refractivity contribution in [3.8, 4) is 0 Å². The molecular weight excluding hydrogens is 262 g/mol. The molecule has 3 nitrogen and oxygen atoms in total. The molecule has 3 rings (SSSR count). The lowest BCUT2D eigenvalue weighted by Gasteiger charge is -2.21. The van der Waals surface area contributed by atoms with Crippen LogP contribution in [0.5, 0.6) is 0 Å². The van der Waals surface area contributed by atoms with E-state index in [0.29, 0.717) is 5.56 Å². The van der Waals surface area contributed by atoms with E-state index in [1.54, 1.807) is 12.1 Å². The molecule has 0 radical (unpaired) electrons. The molecule has 0 saturated carbocycles. The van der Waals surface area contributed by atoms with E-state index in [9.17, 15) is 4.79 Å². The first-order valence-corrected chi connectivity index (χ1v) is 7.22. The monoisotopic (exact) mass is 281 g/mol. The zero-order valence-corrected chi connectivity index (χ0v) is 12.4. The number of carboxylic acids is 1. The fraction of sp³-hybridized carbons (Fsp3) is 0.278. The van der Waals surface area contributed by atoms with Crippen molar-refractivity contribution >= 4 is 11.7 Å². The van der Waals surface area contributed by atoms with Crippen molar-refractivity contribution in [2.45, 2.75) is 26.8 Å². The second-order valence-electron chi connectivity index (χ2n) is 5.75. The van der Waals surface area contributed by atoms with E-state index in [1.165, 1.54) is 22.4 Å². The maximum Gasteiger partial charge on any atom is 0.335 e. The number of carboxylic acid groups (broad SMARTS) is 1. The lowest BCUT2D eigenvalue weighted by Crippen LogP contribution is -2.20. The summed E-state index contributed by atoms with van der Waals surface area (Å²) in [5.41, 5.74) is 6.60. The van der Waals surface area contributed by atoms with Gasteiger partial charge in [-0.3, -0.25) is 0 Å². The average Bonchev–Trinajstić information content (AvgIpc) is 2.85.